The predicted molar refractivity (Wildman–Crippen MR) is 108 cm³/mol. The molecule has 3 aromatic rings. The molecule has 0 saturated carbocycles. The Morgan fingerprint density at radius 1 is 1.31 bits per heavy atom. The lowest BCUT2D eigenvalue weighted by atomic mass is 10.1. The van der Waals surface area contributed by atoms with E-state index in [0.717, 1.165) is 59.4 Å². The highest BCUT2D eigenvalue weighted by atomic mass is 16.5. The number of nitrogens with zero attached hydrogens (tertiary/aromatic N) is 5. The third-order valence-electron chi connectivity index (χ3n) is 5.91. The number of amides is 2. The predicted octanol–water partition coefficient (Wildman–Crippen LogP) is 2.24. The summed E-state index contributed by atoms with van der Waals surface area (Å²) in [6.45, 7) is 7.67. The maximum Gasteiger partial charge on any atom is 0.317 e. The van der Waals surface area contributed by atoms with Gasteiger partial charge in [-0.15, -0.1) is 10.2 Å². The molecule has 0 bridgehead atoms. The molecule has 1 N–H and O–H groups in total. The number of hydrogen-bond donors (Lipinski definition) is 1. The van der Waals surface area contributed by atoms with Crippen LogP contribution in [0.2, 0.25) is 0 Å². The van der Waals surface area contributed by atoms with Gasteiger partial charge in [0.15, 0.2) is 5.76 Å². The summed E-state index contributed by atoms with van der Waals surface area (Å²) in [5.41, 5.74) is 1.82. The highest BCUT2D eigenvalue weighted by Crippen LogP contribution is 2.35. The molecule has 5 rings (SSSR count). The molecule has 2 amide bonds. The second-order valence-electron chi connectivity index (χ2n) is 7.47. The SMILES string of the molecule is CCn1c(-c2oc3ccc(OC)cc3c2C)nnc1N1CCN2C(=O)NCC2C1. The Morgan fingerprint density at radius 2 is 2.17 bits per heavy atom. The molecule has 9 heteroatoms. The summed E-state index contributed by atoms with van der Waals surface area (Å²) < 4.78 is 13.6. The average molecular weight is 396 g/mol. The maximum absolute atomic E-state index is 11.9. The van der Waals surface area contributed by atoms with Crippen LogP contribution in [0.4, 0.5) is 10.7 Å². The summed E-state index contributed by atoms with van der Waals surface area (Å²) in [6.07, 6.45) is 0. The van der Waals surface area contributed by atoms with Crippen LogP contribution in [-0.2, 0) is 6.54 Å². The van der Waals surface area contributed by atoms with Crippen LogP contribution in [0.5, 0.6) is 5.75 Å². The molecule has 2 fully saturated rings. The second-order valence-corrected chi connectivity index (χ2v) is 7.47. The van der Waals surface area contributed by atoms with Gasteiger partial charge < -0.3 is 24.3 Å². The number of urea groups is 1. The van der Waals surface area contributed by atoms with Crippen molar-refractivity contribution in [2.24, 2.45) is 0 Å². The molecule has 1 aromatic carbocycles. The molecule has 9 nitrogen and oxygen atoms in total. The first-order valence-corrected chi connectivity index (χ1v) is 9.90. The van der Waals surface area contributed by atoms with Crippen LogP contribution in [0.1, 0.15) is 12.5 Å². The van der Waals surface area contributed by atoms with Gasteiger partial charge in [0, 0.05) is 43.7 Å². The Bertz CT molecular complexity index is 1090. The number of fused-ring (bicyclic) bond motifs is 2. The number of aromatic nitrogens is 3. The third-order valence-corrected chi connectivity index (χ3v) is 5.91. The second kappa shape index (κ2) is 6.68. The Balaban J connectivity index is 1.51. The fourth-order valence-corrected chi connectivity index (χ4v) is 4.31. The molecule has 1 atom stereocenters. The van der Waals surface area contributed by atoms with Crippen LogP contribution < -0.4 is 15.0 Å². The van der Waals surface area contributed by atoms with E-state index < -0.39 is 0 Å². The van der Waals surface area contributed by atoms with Crippen molar-refractivity contribution in [1.82, 2.24) is 25.0 Å². The molecule has 2 saturated heterocycles. The summed E-state index contributed by atoms with van der Waals surface area (Å²) in [6, 6.07) is 5.99. The van der Waals surface area contributed by atoms with Crippen molar-refractivity contribution in [3.63, 3.8) is 0 Å². The van der Waals surface area contributed by atoms with E-state index in [0.29, 0.717) is 13.1 Å². The van der Waals surface area contributed by atoms with Crippen LogP contribution in [0.25, 0.3) is 22.6 Å². The maximum atomic E-state index is 11.9. The Kier molecular flexibility index (Phi) is 4.11. The van der Waals surface area contributed by atoms with Gasteiger partial charge in [-0.2, -0.15) is 0 Å². The van der Waals surface area contributed by atoms with Crippen molar-refractivity contribution in [3.8, 4) is 17.3 Å². The number of aryl methyl sites for hydroxylation is 1. The highest BCUT2D eigenvalue weighted by Gasteiger charge is 2.37. The summed E-state index contributed by atoms with van der Waals surface area (Å²) >= 11 is 0. The number of ether oxygens (including phenoxy) is 1. The fourth-order valence-electron chi connectivity index (χ4n) is 4.31. The Hall–Kier alpha value is -3.23. The molecular formula is C20H24N6O3. The van der Waals surface area contributed by atoms with Gasteiger partial charge in [-0.05, 0) is 32.0 Å². The average Bonchev–Trinajstić information content (AvgIpc) is 3.43. The van der Waals surface area contributed by atoms with Gasteiger partial charge in [-0.1, -0.05) is 0 Å². The van der Waals surface area contributed by atoms with Gasteiger partial charge in [0.05, 0.1) is 13.2 Å². The van der Waals surface area contributed by atoms with E-state index in [-0.39, 0.29) is 12.1 Å². The van der Waals surface area contributed by atoms with Crippen LogP contribution >= 0.6 is 0 Å². The standard InChI is InChI=1S/C20H24N6O3/c1-4-25-18(17-12(2)15-9-14(28-3)5-6-16(15)29-17)22-23-19(25)24-7-8-26-13(11-24)10-21-20(26)27/h5-6,9,13H,4,7-8,10-11H2,1-3H3,(H,21,27). The lowest BCUT2D eigenvalue weighted by molar-refractivity contribution is 0.197. The third kappa shape index (κ3) is 2.72. The number of anilines is 1. The van der Waals surface area contributed by atoms with Crippen LogP contribution in [0, 0.1) is 6.92 Å². The monoisotopic (exact) mass is 396 g/mol. The normalized spacial score (nSPS) is 19.0. The van der Waals surface area contributed by atoms with Gasteiger partial charge >= 0.3 is 6.03 Å². The molecule has 152 valence electrons. The van der Waals surface area contributed by atoms with E-state index in [4.69, 9.17) is 9.15 Å². The number of methoxy groups -OCH3 is 1. The summed E-state index contributed by atoms with van der Waals surface area (Å²) in [5, 5.41) is 12.9. The summed E-state index contributed by atoms with van der Waals surface area (Å²) in [7, 11) is 1.66. The lowest BCUT2D eigenvalue weighted by Crippen LogP contribution is -2.52. The zero-order valence-corrected chi connectivity index (χ0v) is 16.8. The highest BCUT2D eigenvalue weighted by molar-refractivity contribution is 5.87. The van der Waals surface area contributed by atoms with Gasteiger partial charge in [0.2, 0.25) is 11.8 Å². The first kappa shape index (κ1) is 17.8. The van der Waals surface area contributed by atoms with Crippen LogP contribution in [0.3, 0.4) is 0 Å². The van der Waals surface area contributed by atoms with Gasteiger partial charge in [-0.25, -0.2) is 4.79 Å². The number of nitrogens with one attached hydrogen (secondary N) is 1. The topological polar surface area (TPSA) is 88.7 Å². The van der Waals surface area contributed by atoms with E-state index in [1.807, 2.05) is 30.0 Å². The van der Waals surface area contributed by atoms with Crippen molar-refractivity contribution in [1.29, 1.82) is 0 Å². The van der Waals surface area contributed by atoms with E-state index in [2.05, 4.69) is 31.9 Å². The number of benzene rings is 1. The fraction of sp³-hybridized carbons (Fsp3) is 0.450. The molecule has 0 aliphatic carbocycles. The first-order valence-electron chi connectivity index (χ1n) is 9.90. The largest absolute Gasteiger partial charge is 0.497 e. The molecule has 2 aromatic heterocycles. The minimum atomic E-state index is 0.0284. The number of carbonyl (C=O) groups excluding carboxylic acids is 1. The lowest BCUT2D eigenvalue weighted by Gasteiger charge is -2.36. The molecule has 0 spiro atoms. The number of carbonyl (C=O) groups is 1. The quantitative estimate of drug-likeness (QED) is 0.728. The number of piperazine rings is 1. The zero-order valence-electron chi connectivity index (χ0n) is 16.8. The van der Waals surface area contributed by atoms with Crippen molar-refractivity contribution in [3.05, 3.63) is 23.8 Å². The Labute approximate surface area is 168 Å². The van der Waals surface area contributed by atoms with Gasteiger partial charge in [0.25, 0.3) is 0 Å². The number of hydrogen-bond acceptors (Lipinski definition) is 6. The number of rotatable bonds is 4. The first-order chi connectivity index (χ1) is 14.1. The van der Waals surface area contributed by atoms with Crippen molar-refractivity contribution in [2.45, 2.75) is 26.4 Å². The van der Waals surface area contributed by atoms with E-state index in [1.54, 1.807) is 7.11 Å². The summed E-state index contributed by atoms with van der Waals surface area (Å²) in [4.78, 5) is 16.0. The molecule has 0 radical (unpaired) electrons. The Morgan fingerprint density at radius 3 is 2.97 bits per heavy atom. The van der Waals surface area contributed by atoms with E-state index in [1.165, 1.54) is 0 Å². The van der Waals surface area contributed by atoms with Crippen molar-refractivity contribution < 1.29 is 13.9 Å². The van der Waals surface area contributed by atoms with E-state index in [9.17, 15) is 4.79 Å². The van der Waals surface area contributed by atoms with Gasteiger partial charge in [0.1, 0.15) is 11.3 Å². The number of furan rings is 1. The molecule has 4 heterocycles. The van der Waals surface area contributed by atoms with Crippen molar-refractivity contribution >= 4 is 22.9 Å². The zero-order chi connectivity index (χ0) is 20.1. The minimum Gasteiger partial charge on any atom is -0.497 e. The molecule has 1 unspecified atom stereocenters. The molecule has 2 aliphatic heterocycles. The molecule has 29 heavy (non-hydrogen) atoms. The van der Waals surface area contributed by atoms with Gasteiger partial charge in [-0.3, -0.25) is 4.57 Å². The molecule has 2 aliphatic rings. The minimum absolute atomic E-state index is 0.0284. The molecular weight excluding hydrogens is 372 g/mol. The van der Waals surface area contributed by atoms with Crippen LogP contribution in [-0.4, -0.2) is 65.0 Å². The summed E-state index contributed by atoms with van der Waals surface area (Å²) in [5.74, 6) is 3.06. The van der Waals surface area contributed by atoms with E-state index >= 15 is 0 Å². The van der Waals surface area contributed by atoms with Crippen LogP contribution in [0.15, 0.2) is 22.6 Å². The smallest absolute Gasteiger partial charge is 0.317 e. The van der Waals surface area contributed by atoms with Crippen molar-refractivity contribution in [2.75, 3.05) is 38.2 Å².